The van der Waals surface area contributed by atoms with Gasteiger partial charge in [0.2, 0.25) is 0 Å². The maximum atomic E-state index is 14.4. The molecule has 0 radical (unpaired) electrons. The Balaban J connectivity index is 1.65. The molecule has 4 nitrogen and oxygen atoms in total. The van der Waals surface area contributed by atoms with Gasteiger partial charge in [0.15, 0.2) is 5.78 Å². The lowest BCUT2D eigenvalue weighted by Crippen LogP contribution is -2.25. The molecule has 5 heteroatoms. The predicted octanol–water partition coefficient (Wildman–Crippen LogP) is 2.88. The average molecular weight is 312 g/mol. The first-order valence-corrected chi connectivity index (χ1v) is 7.85. The second-order valence-corrected chi connectivity index (χ2v) is 6.23. The molecule has 3 atom stereocenters. The number of halogens is 1. The van der Waals surface area contributed by atoms with E-state index < -0.39 is 6.10 Å². The highest BCUT2D eigenvalue weighted by atomic mass is 19.1. The van der Waals surface area contributed by atoms with E-state index in [1.54, 1.807) is 30.7 Å². The maximum Gasteiger partial charge on any atom is 0.155 e. The van der Waals surface area contributed by atoms with Gasteiger partial charge < -0.3 is 9.67 Å². The summed E-state index contributed by atoms with van der Waals surface area (Å²) in [5.41, 5.74) is 2.35. The summed E-state index contributed by atoms with van der Waals surface area (Å²) in [7, 11) is 0. The van der Waals surface area contributed by atoms with Gasteiger partial charge in [-0.05, 0) is 25.0 Å². The first-order chi connectivity index (χ1) is 11.1. The zero-order valence-electron chi connectivity index (χ0n) is 12.5. The second-order valence-electron chi connectivity index (χ2n) is 6.23. The number of allylic oxidation sites excluding steroid dienone is 1. The number of aliphatic hydroxyl groups excluding tert-OH is 1. The van der Waals surface area contributed by atoms with Crippen LogP contribution in [0.4, 0.5) is 4.39 Å². The number of ketones is 1. The minimum absolute atomic E-state index is 0.0597. The summed E-state index contributed by atoms with van der Waals surface area (Å²) in [4.78, 5) is 15.4. The van der Waals surface area contributed by atoms with Gasteiger partial charge in [-0.15, -0.1) is 0 Å². The molecule has 118 valence electrons. The van der Waals surface area contributed by atoms with E-state index in [-0.39, 0.29) is 23.6 Å². The van der Waals surface area contributed by atoms with E-state index in [2.05, 4.69) is 4.98 Å². The number of carbonyl (C=O) groups is 1. The maximum absolute atomic E-state index is 14.4. The number of carbonyl (C=O) groups excluding carboxylic acids is 1. The third kappa shape index (κ3) is 2.32. The number of nitrogens with zero attached hydrogens (tertiary/aromatic N) is 2. The lowest BCUT2D eigenvalue weighted by molar-refractivity contribution is -0.115. The number of benzene rings is 1. The molecule has 2 heterocycles. The van der Waals surface area contributed by atoms with Gasteiger partial charge in [0.05, 0.1) is 30.4 Å². The summed E-state index contributed by atoms with van der Waals surface area (Å²) in [6.45, 7) is 0. The number of fused-ring (bicyclic) bond motifs is 3. The highest BCUT2D eigenvalue weighted by Gasteiger charge is 2.34. The Labute approximate surface area is 133 Å². The number of imidazole rings is 1. The minimum atomic E-state index is -0.620. The first kappa shape index (κ1) is 14.3. The number of aliphatic hydroxyl groups is 1. The van der Waals surface area contributed by atoms with Gasteiger partial charge in [-0.3, -0.25) is 4.79 Å². The van der Waals surface area contributed by atoms with E-state index in [1.807, 2.05) is 10.6 Å². The monoisotopic (exact) mass is 312 g/mol. The molecule has 1 aliphatic heterocycles. The van der Waals surface area contributed by atoms with Crippen molar-refractivity contribution in [2.75, 3.05) is 0 Å². The Morgan fingerprint density at radius 1 is 1.43 bits per heavy atom. The van der Waals surface area contributed by atoms with E-state index >= 15 is 0 Å². The van der Waals surface area contributed by atoms with Crippen molar-refractivity contribution >= 4 is 5.78 Å². The molecule has 1 aromatic carbocycles. The summed E-state index contributed by atoms with van der Waals surface area (Å²) in [5.74, 6) is -0.212. The van der Waals surface area contributed by atoms with E-state index in [4.69, 9.17) is 0 Å². The summed E-state index contributed by atoms with van der Waals surface area (Å²) in [5, 5.41) is 10.6. The first-order valence-electron chi connectivity index (χ1n) is 7.85. The largest absolute Gasteiger partial charge is 0.392 e. The van der Waals surface area contributed by atoms with Gasteiger partial charge in [0.25, 0.3) is 0 Å². The van der Waals surface area contributed by atoms with Crippen LogP contribution in [0.2, 0.25) is 0 Å². The van der Waals surface area contributed by atoms with Crippen LogP contribution in [0.5, 0.6) is 0 Å². The molecule has 4 rings (SSSR count). The zero-order chi connectivity index (χ0) is 16.0. The van der Waals surface area contributed by atoms with Crippen molar-refractivity contribution in [2.24, 2.45) is 5.92 Å². The van der Waals surface area contributed by atoms with Crippen molar-refractivity contribution in [2.45, 2.75) is 31.4 Å². The molecule has 0 saturated carbocycles. The fraction of sp³-hybridized carbons (Fsp3) is 0.333. The van der Waals surface area contributed by atoms with Crippen LogP contribution in [-0.4, -0.2) is 26.5 Å². The van der Waals surface area contributed by atoms with Crippen molar-refractivity contribution < 1.29 is 14.3 Å². The SMILES string of the molecule is O=C1C=CC(C(O)CC2c3c(F)cccc3-c3cncn32)CC1. The van der Waals surface area contributed by atoms with Crippen molar-refractivity contribution in [3.05, 3.63) is 54.3 Å². The Hall–Kier alpha value is -2.27. The Bertz CT molecular complexity index is 796. The topological polar surface area (TPSA) is 55.1 Å². The van der Waals surface area contributed by atoms with E-state index in [0.29, 0.717) is 24.8 Å². The fourth-order valence-electron chi connectivity index (χ4n) is 3.67. The smallest absolute Gasteiger partial charge is 0.155 e. The third-order valence-electron chi connectivity index (χ3n) is 4.88. The Kier molecular flexibility index (Phi) is 3.38. The highest BCUT2D eigenvalue weighted by molar-refractivity contribution is 5.90. The van der Waals surface area contributed by atoms with Crippen LogP contribution >= 0.6 is 0 Å². The van der Waals surface area contributed by atoms with Gasteiger partial charge in [-0.1, -0.05) is 18.2 Å². The predicted molar refractivity (Wildman–Crippen MR) is 83.3 cm³/mol. The minimum Gasteiger partial charge on any atom is -0.392 e. The van der Waals surface area contributed by atoms with Gasteiger partial charge >= 0.3 is 0 Å². The molecule has 3 unspecified atom stereocenters. The molecule has 1 aliphatic carbocycles. The Morgan fingerprint density at radius 3 is 3.09 bits per heavy atom. The standard InChI is InChI=1S/C18H17FN2O2/c19-14-3-1-2-13-16-9-20-10-21(16)15(18(13)14)8-17(23)11-4-6-12(22)7-5-11/h1-4,6,9-11,15,17,23H,5,7-8H2. The fourth-order valence-corrected chi connectivity index (χ4v) is 3.67. The number of rotatable bonds is 3. The van der Waals surface area contributed by atoms with Crippen LogP contribution < -0.4 is 0 Å². The van der Waals surface area contributed by atoms with Crippen LogP contribution in [0.25, 0.3) is 11.3 Å². The van der Waals surface area contributed by atoms with Gasteiger partial charge in [0.1, 0.15) is 5.82 Å². The molecule has 0 amide bonds. The molecule has 0 saturated heterocycles. The molecule has 0 spiro atoms. The van der Waals surface area contributed by atoms with Gasteiger partial charge in [0, 0.05) is 23.5 Å². The lowest BCUT2D eigenvalue weighted by Gasteiger charge is -2.25. The van der Waals surface area contributed by atoms with Crippen LogP contribution in [0.3, 0.4) is 0 Å². The van der Waals surface area contributed by atoms with Crippen molar-refractivity contribution in [1.82, 2.24) is 9.55 Å². The summed E-state index contributed by atoms with van der Waals surface area (Å²) >= 11 is 0. The summed E-state index contributed by atoms with van der Waals surface area (Å²) < 4.78 is 16.3. The number of hydrogen-bond acceptors (Lipinski definition) is 3. The van der Waals surface area contributed by atoms with E-state index in [9.17, 15) is 14.3 Å². The molecule has 0 fully saturated rings. The quantitative estimate of drug-likeness (QED) is 0.948. The molecule has 2 aliphatic rings. The van der Waals surface area contributed by atoms with Crippen molar-refractivity contribution in [3.63, 3.8) is 0 Å². The summed E-state index contributed by atoms with van der Waals surface area (Å²) in [6.07, 6.45) is 7.63. The molecule has 2 aromatic rings. The molecule has 1 N–H and O–H groups in total. The van der Waals surface area contributed by atoms with Crippen molar-refractivity contribution in [3.8, 4) is 11.3 Å². The van der Waals surface area contributed by atoms with Crippen LogP contribution in [0.15, 0.2) is 42.9 Å². The number of hydrogen-bond donors (Lipinski definition) is 1. The second kappa shape index (κ2) is 5.42. The average Bonchev–Trinajstić information content (AvgIpc) is 3.12. The molecular weight excluding hydrogens is 295 g/mol. The van der Waals surface area contributed by atoms with E-state index in [1.165, 1.54) is 6.07 Å². The Morgan fingerprint density at radius 2 is 2.30 bits per heavy atom. The molecule has 23 heavy (non-hydrogen) atoms. The lowest BCUT2D eigenvalue weighted by atomic mass is 9.86. The number of aromatic nitrogens is 2. The molecule has 0 bridgehead atoms. The normalized spacial score (nSPS) is 23.7. The van der Waals surface area contributed by atoms with Gasteiger partial charge in [-0.2, -0.15) is 0 Å². The molecular formula is C18H17FN2O2. The highest BCUT2D eigenvalue weighted by Crippen LogP contribution is 2.43. The van der Waals surface area contributed by atoms with Crippen LogP contribution in [-0.2, 0) is 4.79 Å². The summed E-state index contributed by atoms with van der Waals surface area (Å²) in [6, 6.07) is 4.78. The van der Waals surface area contributed by atoms with Crippen LogP contribution in [0.1, 0.15) is 30.9 Å². The van der Waals surface area contributed by atoms with E-state index in [0.717, 1.165) is 11.3 Å². The third-order valence-corrected chi connectivity index (χ3v) is 4.88. The van der Waals surface area contributed by atoms with Crippen molar-refractivity contribution in [1.29, 1.82) is 0 Å². The zero-order valence-corrected chi connectivity index (χ0v) is 12.5. The van der Waals surface area contributed by atoms with Crippen LogP contribution in [0, 0.1) is 11.7 Å². The van der Waals surface area contributed by atoms with Gasteiger partial charge in [-0.25, -0.2) is 9.37 Å². The molecule has 1 aromatic heterocycles.